The number of nitrogens with zero attached hydrogens (tertiary/aromatic N) is 2. The molecule has 0 aliphatic carbocycles. The van der Waals surface area contributed by atoms with Gasteiger partial charge in [-0.3, -0.25) is 9.59 Å². The molecule has 1 aromatic heterocycles. The van der Waals surface area contributed by atoms with Crippen molar-refractivity contribution in [2.24, 2.45) is 0 Å². The number of hydrogen-bond donors (Lipinski definition) is 2. The Kier molecular flexibility index (Phi) is 6.08. The van der Waals surface area contributed by atoms with E-state index in [0.717, 1.165) is 9.87 Å². The number of carbonyl (C=O) groups excluding carboxylic acids is 2. The molecule has 0 saturated carbocycles. The molecule has 1 heterocycles. The van der Waals surface area contributed by atoms with Gasteiger partial charge in [-0.1, -0.05) is 30.3 Å². The van der Waals surface area contributed by atoms with Crippen LogP contribution in [-0.4, -0.2) is 48.0 Å². The number of hydrogen-bond acceptors (Lipinski definition) is 5. The zero-order chi connectivity index (χ0) is 23.6. The standard InChI is InChI=1S/C24H22N4O4S/c1-16(29)17-8-10-19(11-9-17)25-23(30)15-28(2)33(31,32)20-12-13-21-22(14-20)27-24(26-21)18-6-4-3-5-7-18/h3-14H,15H2,1-2H3,(H,25,30)(H,26,27). The fourth-order valence-corrected chi connectivity index (χ4v) is 4.49. The third kappa shape index (κ3) is 4.84. The molecule has 0 spiro atoms. The Morgan fingerprint density at radius 2 is 1.70 bits per heavy atom. The Labute approximate surface area is 191 Å². The van der Waals surface area contributed by atoms with Crippen molar-refractivity contribution in [2.45, 2.75) is 11.8 Å². The summed E-state index contributed by atoms with van der Waals surface area (Å²) in [6.07, 6.45) is 0. The van der Waals surface area contributed by atoms with Crippen LogP contribution in [0.15, 0.2) is 77.7 Å². The van der Waals surface area contributed by atoms with Crippen molar-refractivity contribution in [2.75, 3.05) is 18.9 Å². The summed E-state index contributed by atoms with van der Waals surface area (Å²) < 4.78 is 27.1. The molecule has 0 atom stereocenters. The number of aromatic amines is 1. The first-order valence-corrected chi connectivity index (χ1v) is 11.6. The molecule has 0 saturated heterocycles. The Morgan fingerprint density at radius 1 is 1.00 bits per heavy atom. The van der Waals surface area contributed by atoms with Crippen LogP contribution in [0.5, 0.6) is 0 Å². The van der Waals surface area contributed by atoms with E-state index in [1.54, 1.807) is 30.3 Å². The van der Waals surface area contributed by atoms with Crippen LogP contribution in [-0.2, 0) is 14.8 Å². The molecule has 0 aliphatic heterocycles. The van der Waals surface area contributed by atoms with Gasteiger partial charge in [-0.05, 0) is 49.4 Å². The third-order valence-corrected chi connectivity index (χ3v) is 6.95. The monoisotopic (exact) mass is 462 g/mol. The number of ketones is 1. The number of imidazole rings is 1. The number of sulfonamides is 1. The maximum atomic E-state index is 13.0. The van der Waals surface area contributed by atoms with Gasteiger partial charge >= 0.3 is 0 Å². The summed E-state index contributed by atoms with van der Waals surface area (Å²) in [4.78, 5) is 31.5. The highest BCUT2D eigenvalue weighted by Gasteiger charge is 2.24. The topological polar surface area (TPSA) is 112 Å². The average molecular weight is 463 g/mol. The zero-order valence-corrected chi connectivity index (χ0v) is 18.9. The summed E-state index contributed by atoms with van der Waals surface area (Å²) >= 11 is 0. The fourth-order valence-electron chi connectivity index (χ4n) is 3.34. The van der Waals surface area contributed by atoms with E-state index in [1.165, 1.54) is 26.1 Å². The summed E-state index contributed by atoms with van der Waals surface area (Å²) in [5, 5.41) is 2.64. The summed E-state index contributed by atoms with van der Waals surface area (Å²) in [6, 6.07) is 20.5. The molecule has 0 radical (unpaired) electrons. The normalized spacial score (nSPS) is 11.6. The number of rotatable bonds is 7. The van der Waals surface area contributed by atoms with Gasteiger partial charge in [0, 0.05) is 23.9 Å². The second-order valence-electron chi connectivity index (χ2n) is 7.57. The van der Waals surface area contributed by atoms with E-state index in [-0.39, 0.29) is 17.2 Å². The molecule has 4 aromatic rings. The molecule has 0 unspecified atom stereocenters. The molecule has 4 rings (SSSR count). The molecule has 9 heteroatoms. The number of carbonyl (C=O) groups is 2. The minimum absolute atomic E-state index is 0.0550. The van der Waals surface area contributed by atoms with Crippen LogP contribution in [0.2, 0.25) is 0 Å². The highest BCUT2D eigenvalue weighted by molar-refractivity contribution is 7.89. The van der Waals surface area contributed by atoms with E-state index in [4.69, 9.17) is 0 Å². The summed E-state index contributed by atoms with van der Waals surface area (Å²) in [5.74, 6) is 0.0677. The van der Waals surface area contributed by atoms with E-state index in [9.17, 15) is 18.0 Å². The number of benzene rings is 3. The van der Waals surface area contributed by atoms with Gasteiger partial charge in [0.05, 0.1) is 22.5 Å². The number of aromatic nitrogens is 2. The largest absolute Gasteiger partial charge is 0.338 e. The van der Waals surface area contributed by atoms with Crippen molar-refractivity contribution in [3.05, 3.63) is 78.4 Å². The highest BCUT2D eigenvalue weighted by Crippen LogP contribution is 2.24. The van der Waals surface area contributed by atoms with Crippen molar-refractivity contribution in [1.82, 2.24) is 14.3 Å². The number of amides is 1. The first kappa shape index (κ1) is 22.4. The fraction of sp³-hybridized carbons (Fsp3) is 0.125. The summed E-state index contributed by atoms with van der Waals surface area (Å²) in [7, 11) is -2.56. The Morgan fingerprint density at radius 3 is 2.36 bits per heavy atom. The first-order valence-electron chi connectivity index (χ1n) is 10.2. The molecule has 33 heavy (non-hydrogen) atoms. The van der Waals surface area contributed by atoms with Crippen LogP contribution in [0.3, 0.4) is 0 Å². The molecule has 0 aliphatic rings. The molecule has 1 amide bonds. The van der Waals surface area contributed by atoms with Gasteiger partial charge in [0.25, 0.3) is 0 Å². The van der Waals surface area contributed by atoms with Crippen molar-refractivity contribution in [1.29, 1.82) is 0 Å². The number of likely N-dealkylation sites (N-methyl/N-ethyl adjacent to an activating group) is 1. The second-order valence-corrected chi connectivity index (χ2v) is 9.62. The van der Waals surface area contributed by atoms with E-state index < -0.39 is 15.9 Å². The van der Waals surface area contributed by atoms with E-state index in [0.29, 0.717) is 28.1 Å². The molecule has 2 N–H and O–H groups in total. The lowest BCUT2D eigenvalue weighted by Crippen LogP contribution is -2.34. The maximum absolute atomic E-state index is 13.0. The van der Waals surface area contributed by atoms with Crippen molar-refractivity contribution in [3.63, 3.8) is 0 Å². The summed E-state index contributed by atoms with van der Waals surface area (Å²) in [6.45, 7) is 1.09. The molecular weight excluding hydrogens is 440 g/mol. The van der Waals surface area contributed by atoms with E-state index in [1.807, 2.05) is 30.3 Å². The number of anilines is 1. The number of Topliss-reactive ketones (excluding diaryl/α,β-unsaturated/α-hetero) is 1. The van der Waals surface area contributed by atoms with Crippen molar-refractivity contribution in [3.8, 4) is 11.4 Å². The number of H-pyrrole nitrogens is 1. The minimum atomic E-state index is -3.91. The lowest BCUT2D eigenvalue weighted by Gasteiger charge is -2.17. The number of nitrogens with one attached hydrogen (secondary N) is 2. The van der Waals surface area contributed by atoms with Gasteiger partial charge in [0.1, 0.15) is 5.82 Å². The van der Waals surface area contributed by atoms with Gasteiger partial charge in [0.15, 0.2) is 5.78 Å². The zero-order valence-electron chi connectivity index (χ0n) is 18.1. The van der Waals surface area contributed by atoms with Crippen LogP contribution < -0.4 is 5.32 Å². The van der Waals surface area contributed by atoms with E-state index in [2.05, 4.69) is 15.3 Å². The molecule has 168 valence electrons. The van der Waals surface area contributed by atoms with Crippen molar-refractivity contribution < 1.29 is 18.0 Å². The third-order valence-electron chi connectivity index (χ3n) is 5.15. The smallest absolute Gasteiger partial charge is 0.243 e. The van der Waals surface area contributed by atoms with Crippen LogP contribution in [0.1, 0.15) is 17.3 Å². The lowest BCUT2D eigenvalue weighted by atomic mass is 10.1. The Balaban J connectivity index is 1.49. The Bertz CT molecular complexity index is 1430. The molecular formula is C24H22N4O4S. The Hall–Kier alpha value is -3.82. The average Bonchev–Trinajstić information content (AvgIpc) is 3.23. The van der Waals surface area contributed by atoms with Crippen LogP contribution in [0.25, 0.3) is 22.4 Å². The van der Waals surface area contributed by atoms with Gasteiger partial charge in [-0.15, -0.1) is 0 Å². The summed E-state index contributed by atoms with van der Waals surface area (Å²) in [5.41, 5.74) is 3.12. The van der Waals surface area contributed by atoms with Gasteiger partial charge < -0.3 is 10.3 Å². The van der Waals surface area contributed by atoms with Gasteiger partial charge in [0.2, 0.25) is 15.9 Å². The molecule has 0 fully saturated rings. The number of fused-ring (bicyclic) bond motifs is 1. The second kappa shape index (κ2) is 8.97. The lowest BCUT2D eigenvalue weighted by molar-refractivity contribution is -0.116. The predicted octanol–water partition coefficient (Wildman–Crippen LogP) is 3.69. The molecule has 3 aromatic carbocycles. The first-order chi connectivity index (χ1) is 15.7. The minimum Gasteiger partial charge on any atom is -0.338 e. The van der Waals surface area contributed by atoms with Gasteiger partial charge in [-0.25, -0.2) is 13.4 Å². The van der Waals surface area contributed by atoms with Crippen LogP contribution in [0, 0.1) is 0 Å². The SMILES string of the molecule is CC(=O)c1ccc(NC(=O)CN(C)S(=O)(=O)c2ccc3nc(-c4ccccc4)[nH]c3c2)cc1. The van der Waals surface area contributed by atoms with Crippen molar-refractivity contribution >= 4 is 38.4 Å². The van der Waals surface area contributed by atoms with Gasteiger partial charge in [-0.2, -0.15) is 4.31 Å². The predicted molar refractivity (Wildman–Crippen MR) is 126 cm³/mol. The van der Waals surface area contributed by atoms with E-state index >= 15 is 0 Å². The molecule has 8 nitrogen and oxygen atoms in total. The van der Waals surface area contributed by atoms with Crippen LogP contribution in [0.4, 0.5) is 5.69 Å². The molecule has 0 bridgehead atoms. The quantitative estimate of drug-likeness (QED) is 0.407. The highest BCUT2D eigenvalue weighted by atomic mass is 32.2. The van der Waals surface area contributed by atoms with Crippen LogP contribution >= 0.6 is 0 Å². The maximum Gasteiger partial charge on any atom is 0.243 e.